The van der Waals surface area contributed by atoms with Crippen molar-refractivity contribution >= 4 is 18.0 Å². The number of hydrogen-bond donors (Lipinski definition) is 3. The van der Waals surface area contributed by atoms with Crippen molar-refractivity contribution in [1.29, 1.82) is 0 Å². The van der Waals surface area contributed by atoms with Crippen LogP contribution in [0.1, 0.15) is 33.0 Å². The Bertz CT molecular complexity index is 1130. The molecule has 3 aromatic rings. The molecule has 7 heteroatoms. The van der Waals surface area contributed by atoms with Crippen molar-refractivity contribution in [3.63, 3.8) is 0 Å². The highest BCUT2D eigenvalue weighted by molar-refractivity contribution is 5.87. The summed E-state index contributed by atoms with van der Waals surface area (Å²) in [4.78, 5) is 35.0. The Morgan fingerprint density at radius 2 is 1.41 bits per heavy atom. The van der Waals surface area contributed by atoms with Gasteiger partial charge in [-0.2, -0.15) is 0 Å². The highest BCUT2D eigenvalue weighted by atomic mass is 16.5. The molecule has 0 bridgehead atoms. The maximum atomic E-state index is 12.4. The van der Waals surface area contributed by atoms with Crippen LogP contribution < -0.4 is 5.32 Å². The van der Waals surface area contributed by atoms with Gasteiger partial charge >= 0.3 is 18.0 Å². The summed E-state index contributed by atoms with van der Waals surface area (Å²) in [5.74, 6) is -2.40. The first-order chi connectivity index (χ1) is 15.4. The van der Waals surface area contributed by atoms with Gasteiger partial charge in [-0.05, 0) is 39.9 Å². The molecule has 0 heterocycles. The third-order valence-corrected chi connectivity index (χ3v) is 5.57. The maximum Gasteiger partial charge on any atom is 0.407 e. The molecule has 1 amide bonds. The summed E-state index contributed by atoms with van der Waals surface area (Å²) in [6.07, 6.45) is -0.819. The lowest BCUT2D eigenvalue weighted by molar-refractivity contribution is -0.139. The van der Waals surface area contributed by atoms with Crippen molar-refractivity contribution in [2.45, 2.75) is 18.4 Å². The van der Waals surface area contributed by atoms with Crippen molar-refractivity contribution in [3.05, 3.63) is 95.1 Å². The van der Waals surface area contributed by atoms with E-state index in [-0.39, 0.29) is 24.5 Å². The number of amides is 1. The molecule has 0 aliphatic heterocycles. The average Bonchev–Trinajstić information content (AvgIpc) is 3.11. The molecular weight excluding hydrogens is 410 g/mol. The number of benzene rings is 3. The maximum absolute atomic E-state index is 12.4. The van der Waals surface area contributed by atoms with E-state index >= 15 is 0 Å². The van der Waals surface area contributed by atoms with Gasteiger partial charge in [-0.25, -0.2) is 14.4 Å². The van der Waals surface area contributed by atoms with Crippen LogP contribution in [0.4, 0.5) is 4.79 Å². The smallest absolute Gasteiger partial charge is 0.407 e. The first kappa shape index (κ1) is 21.1. The van der Waals surface area contributed by atoms with Gasteiger partial charge in [-0.15, -0.1) is 0 Å². The van der Waals surface area contributed by atoms with Crippen LogP contribution in [0.5, 0.6) is 0 Å². The molecule has 0 fully saturated rings. The minimum absolute atomic E-state index is 0.000568. The van der Waals surface area contributed by atoms with Crippen LogP contribution in [-0.2, 0) is 16.0 Å². The molecule has 1 aliphatic carbocycles. The van der Waals surface area contributed by atoms with Crippen LogP contribution >= 0.6 is 0 Å². The number of carboxylic acid groups (broad SMARTS) is 2. The molecule has 0 aromatic heterocycles. The molecule has 1 atom stereocenters. The van der Waals surface area contributed by atoms with E-state index in [1.807, 2.05) is 48.5 Å². The number of alkyl carbamates (subject to hydrolysis) is 1. The molecule has 4 rings (SSSR count). The van der Waals surface area contributed by atoms with E-state index < -0.39 is 24.1 Å². The van der Waals surface area contributed by atoms with Crippen LogP contribution in [0.3, 0.4) is 0 Å². The Morgan fingerprint density at radius 3 is 1.94 bits per heavy atom. The van der Waals surface area contributed by atoms with Crippen LogP contribution in [-0.4, -0.2) is 40.9 Å². The SMILES string of the molecule is O=C(N[C@@H](Cc1ccc(C(=O)O)cc1)C(=O)O)OCC1c2ccccc2-c2ccccc21. The Kier molecular flexibility index (Phi) is 5.89. The van der Waals surface area contributed by atoms with Crippen molar-refractivity contribution in [2.24, 2.45) is 0 Å². The summed E-state index contributed by atoms with van der Waals surface area (Å²) >= 11 is 0. The molecule has 0 saturated carbocycles. The predicted octanol–water partition coefficient (Wildman–Crippen LogP) is 3.92. The second kappa shape index (κ2) is 8.93. The summed E-state index contributed by atoms with van der Waals surface area (Å²) < 4.78 is 5.42. The van der Waals surface area contributed by atoms with E-state index in [2.05, 4.69) is 5.32 Å². The quantitative estimate of drug-likeness (QED) is 0.523. The van der Waals surface area contributed by atoms with Gasteiger partial charge in [0.2, 0.25) is 0 Å². The van der Waals surface area contributed by atoms with Crippen molar-refractivity contribution in [2.75, 3.05) is 6.61 Å². The first-order valence-corrected chi connectivity index (χ1v) is 10.1. The normalized spacial score (nSPS) is 13.0. The van der Waals surface area contributed by atoms with Gasteiger partial charge in [0.1, 0.15) is 12.6 Å². The summed E-state index contributed by atoms with van der Waals surface area (Å²) in [6, 6.07) is 20.5. The monoisotopic (exact) mass is 431 g/mol. The van der Waals surface area contributed by atoms with Crippen LogP contribution in [0, 0.1) is 0 Å². The fraction of sp³-hybridized carbons (Fsp3) is 0.160. The molecule has 3 N–H and O–H groups in total. The van der Waals surface area contributed by atoms with Gasteiger partial charge in [0.25, 0.3) is 0 Å². The zero-order valence-corrected chi connectivity index (χ0v) is 17.0. The number of fused-ring (bicyclic) bond motifs is 3. The highest BCUT2D eigenvalue weighted by Crippen LogP contribution is 2.44. The van der Waals surface area contributed by atoms with Gasteiger partial charge in [-0.1, -0.05) is 60.7 Å². The first-order valence-electron chi connectivity index (χ1n) is 10.1. The van der Waals surface area contributed by atoms with Gasteiger partial charge in [0, 0.05) is 12.3 Å². The molecular formula is C25H21NO6. The number of aromatic carboxylic acids is 1. The van der Waals surface area contributed by atoms with E-state index in [9.17, 15) is 19.5 Å². The largest absolute Gasteiger partial charge is 0.480 e. The molecule has 162 valence electrons. The van der Waals surface area contributed by atoms with E-state index in [0.717, 1.165) is 22.3 Å². The number of rotatable bonds is 7. The zero-order chi connectivity index (χ0) is 22.7. The molecule has 7 nitrogen and oxygen atoms in total. The number of ether oxygens (including phenoxy) is 1. The van der Waals surface area contributed by atoms with Gasteiger partial charge in [0.15, 0.2) is 0 Å². The zero-order valence-electron chi connectivity index (χ0n) is 17.0. The Hall–Kier alpha value is -4.13. The number of nitrogens with one attached hydrogen (secondary N) is 1. The van der Waals surface area contributed by atoms with E-state index in [4.69, 9.17) is 9.84 Å². The van der Waals surface area contributed by atoms with Gasteiger partial charge in [0.05, 0.1) is 5.56 Å². The van der Waals surface area contributed by atoms with Crippen LogP contribution in [0.2, 0.25) is 0 Å². The summed E-state index contributed by atoms with van der Waals surface area (Å²) in [5, 5.41) is 20.9. The number of carbonyl (C=O) groups excluding carboxylic acids is 1. The fourth-order valence-electron chi connectivity index (χ4n) is 4.00. The fourth-order valence-corrected chi connectivity index (χ4v) is 4.00. The molecule has 0 spiro atoms. The topological polar surface area (TPSA) is 113 Å². The summed E-state index contributed by atoms with van der Waals surface area (Å²) in [5.41, 5.74) is 5.02. The standard InChI is InChI=1S/C25H21NO6/c27-23(28)16-11-9-15(10-12-16)13-22(24(29)30)26-25(31)32-14-21-19-7-3-1-5-17(19)18-6-2-4-8-20(18)21/h1-12,21-22H,13-14H2,(H,26,31)(H,27,28)(H,29,30)/t22-/m0/s1. The second-order valence-electron chi connectivity index (χ2n) is 7.57. The summed E-state index contributed by atoms with van der Waals surface area (Å²) in [7, 11) is 0. The minimum Gasteiger partial charge on any atom is -0.480 e. The highest BCUT2D eigenvalue weighted by Gasteiger charge is 2.29. The molecule has 0 unspecified atom stereocenters. The molecule has 3 aromatic carbocycles. The third kappa shape index (κ3) is 4.32. The van der Waals surface area contributed by atoms with E-state index in [1.54, 1.807) is 0 Å². The minimum atomic E-state index is -1.21. The van der Waals surface area contributed by atoms with E-state index in [0.29, 0.717) is 5.56 Å². The van der Waals surface area contributed by atoms with Crippen LogP contribution in [0.15, 0.2) is 72.8 Å². The van der Waals surface area contributed by atoms with Crippen molar-refractivity contribution in [3.8, 4) is 11.1 Å². The Balaban J connectivity index is 1.41. The summed E-state index contributed by atoms with van der Waals surface area (Å²) in [6.45, 7) is 0.0828. The Labute approximate surface area is 184 Å². The van der Waals surface area contributed by atoms with Crippen molar-refractivity contribution in [1.82, 2.24) is 5.32 Å². The average molecular weight is 431 g/mol. The van der Waals surface area contributed by atoms with E-state index in [1.165, 1.54) is 24.3 Å². The second-order valence-corrected chi connectivity index (χ2v) is 7.57. The Morgan fingerprint density at radius 1 is 0.844 bits per heavy atom. The van der Waals surface area contributed by atoms with Gasteiger partial charge in [-0.3, -0.25) is 0 Å². The van der Waals surface area contributed by atoms with Gasteiger partial charge < -0.3 is 20.3 Å². The van der Waals surface area contributed by atoms with Crippen LogP contribution in [0.25, 0.3) is 11.1 Å². The van der Waals surface area contributed by atoms with Crippen molar-refractivity contribution < 1.29 is 29.3 Å². The number of aliphatic carboxylic acids is 1. The molecule has 0 saturated heterocycles. The lowest BCUT2D eigenvalue weighted by Crippen LogP contribution is -2.42. The number of carboxylic acids is 2. The lowest BCUT2D eigenvalue weighted by atomic mass is 9.98. The number of carbonyl (C=O) groups is 3. The third-order valence-electron chi connectivity index (χ3n) is 5.57. The predicted molar refractivity (Wildman–Crippen MR) is 117 cm³/mol. The molecule has 0 radical (unpaired) electrons. The number of hydrogen-bond acceptors (Lipinski definition) is 4. The molecule has 1 aliphatic rings. The lowest BCUT2D eigenvalue weighted by Gasteiger charge is -2.17. The molecule has 32 heavy (non-hydrogen) atoms.